The lowest BCUT2D eigenvalue weighted by Gasteiger charge is -2.10. The van der Waals surface area contributed by atoms with Crippen LogP contribution in [-0.2, 0) is 25.7 Å². The number of hydrogen-bond acceptors (Lipinski definition) is 0. The highest BCUT2D eigenvalue weighted by molar-refractivity contribution is 5.28. The highest BCUT2D eigenvalue weighted by Gasteiger charge is 2.03. The molecule has 0 bridgehead atoms. The molecule has 0 radical (unpaired) electrons. The van der Waals surface area contributed by atoms with Gasteiger partial charge in [-0.05, 0) is 67.2 Å². The Morgan fingerprint density at radius 3 is 1.29 bits per heavy atom. The van der Waals surface area contributed by atoms with Gasteiger partial charge in [-0.25, -0.2) is 0 Å². The molecular formula is C24H34. The Labute approximate surface area is 149 Å². The Kier molecular flexibility index (Phi) is 8.66. The van der Waals surface area contributed by atoms with Crippen LogP contribution in [0.3, 0.4) is 0 Å². The molecule has 0 heteroatoms. The van der Waals surface area contributed by atoms with Gasteiger partial charge in [-0.1, -0.05) is 81.6 Å². The molecule has 0 aliphatic rings. The molecule has 130 valence electrons. The molecular weight excluding hydrogens is 288 g/mol. The summed E-state index contributed by atoms with van der Waals surface area (Å²) in [4.78, 5) is 0. The SMILES string of the molecule is CCCCc1ccccc1CCCCCc1ccccc1CCC. The lowest BCUT2D eigenvalue weighted by molar-refractivity contribution is 0.670. The molecule has 0 aliphatic carbocycles. The zero-order valence-corrected chi connectivity index (χ0v) is 15.7. The predicted molar refractivity (Wildman–Crippen MR) is 107 cm³/mol. The minimum absolute atomic E-state index is 1.22. The average molecular weight is 323 g/mol. The van der Waals surface area contributed by atoms with Gasteiger partial charge in [-0.3, -0.25) is 0 Å². The van der Waals surface area contributed by atoms with Crippen LogP contribution in [0.15, 0.2) is 48.5 Å². The Morgan fingerprint density at radius 1 is 0.458 bits per heavy atom. The Morgan fingerprint density at radius 2 is 0.875 bits per heavy atom. The first-order chi connectivity index (χ1) is 11.8. The van der Waals surface area contributed by atoms with Gasteiger partial charge in [-0.2, -0.15) is 0 Å². The van der Waals surface area contributed by atoms with Gasteiger partial charge in [0.1, 0.15) is 0 Å². The molecule has 0 unspecified atom stereocenters. The van der Waals surface area contributed by atoms with Gasteiger partial charge < -0.3 is 0 Å². The van der Waals surface area contributed by atoms with Gasteiger partial charge in [0.2, 0.25) is 0 Å². The van der Waals surface area contributed by atoms with Crippen molar-refractivity contribution in [2.45, 2.75) is 78.1 Å². The topological polar surface area (TPSA) is 0 Å². The fourth-order valence-corrected chi connectivity index (χ4v) is 3.53. The summed E-state index contributed by atoms with van der Waals surface area (Å²) in [5.41, 5.74) is 6.29. The third kappa shape index (κ3) is 6.15. The second-order valence-electron chi connectivity index (χ2n) is 6.95. The largest absolute Gasteiger partial charge is 0.0654 e. The van der Waals surface area contributed by atoms with Crippen molar-refractivity contribution < 1.29 is 0 Å². The van der Waals surface area contributed by atoms with E-state index in [9.17, 15) is 0 Å². The molecule has 0 N–H and O–H groups in total. The van der Waals surface area contributed by atoms with Crippen LogP contribution in [0.1, 0.15) is 74.6 Å². The zero-order valence-electron chi connectivity index (χ0n) is 15.7. The first kappa shape index (κ1) is 18.8. The van der Waals surface area contributed by atoms with E-state index in [0.29, 0.717) is 0 Å². The molecule has 0 aromatic heterocycles. The molecule has 0 saturated heterocycles. The quantitative estimate of drug-likeness (QED) is 0.393. The van der Waals surface area contributed by atoms with Gasteiger partial charge in [0.15, 0.2) is 0 Å². The lowest BCUT2D eigenvalue weighted by atomic mass is 9.95. The van der Waals surface area contributed by atoms with E-state index >= 15 is 0 Å². The van der Waals surface area contributed by atoms with Crippen LogP contribution in [0.2, 0.25) is 0 Å². The van der Waals surface area contributed by atoms with Crippen LogP contribution in [0, 0.1) is 0 Å². The predicted octanol–water partition coefficient (Wildman–Crippen LogP) is 6.94. The lowest BCUT2D eigenvalue weighted by Crippen LogP contribution is -1.96. The maximum atomic E-state index is 2.33. The maximum Gasteiger partial charge on any atom is -0.0276 e. The van der Waals surface area contributed by atoms with Gasteiger partial charge in [-0.15, -0.1) is 0 Å². The average Bonchev–Trinajstić information content (AvgIpc) is 2.62. The summed E-state index contributed by atoms with van der Waals surface area (Å²) in [6.45, 7) is 4.55. The summed E-state index contributed by atoms with van der Waals surface area (Å²) in [7, 11) is 0. The zero-order chi connectivity index (χ0) is 17.0. The molecule has 2 aromatic rings. The van der Waals surface area contributed by atoms with Crippen LogP contribution in [-0.4, -0.2) is 0 Å². The maximum absolute atomic E-state index is 2.33. The van der Waals surface area contributed by atoms with Crippen molar-refractivity contribution in [1.29, 1.82) is 0 Å². The van der Waals surface area contributed by atoms with Crippen molar-refractivity contribution in [3.05, 3.63) is 70.8 Å². The third-order valence-electron chi connectivity index (χ3n) is 4.95. The van der Waals surface area contributed by atoms with Gasteiger partial charge in [0.05, 0.1) is 0 Å². The van der Waals surface area contributed by atoms with Crippen molar-refractivity contribution in [3.8, 4) is 0 Å². The first-order valence-corrected chi connectivity index (χ1v) is 9.98. The summed E-state index contributed by atoms with van der Waals surface area (Å²) in [5, 5.41) is 0. The molecule has 0 atom stereocenters. The van der Waals surface area contributed by atoms with Crippen molar-refractivity contribution >= 4 is 0 Å². The van der Waals surface area contributed by atoms with Crippen LogP contribution in [0.4, 0.5) is 0 Å². The second kappa shape index (κ2) is 11.1. The minimum atomic E-state index is 1.22. The molecule has 0 amide bonds. The number of rotatable bonds is 11. The molecule has 0 aliphatic heterocycles. The molecule has 24 heavy (non-hydrogen) atoms. The van der Waals surface area contributed by atoms with E-state index in [1.54, 1.807) is 22.3 Å². The Balaban J connectivity index is 1.76. The van der Waals surface area contributed by atoms with E-state index < -0.39 is 0 Å². The van der Waals surface area contributed by atoms with Crippen molar-refractivity contribution in [2.75, 3.05) is 0 Å². The Hall–Kier alpha value is -1.56. The minimum Gasteiger partial charge on any atom is -0.0654 e. The summed E-state index contributed by atoms with van der Waals surface area (Å²) in [6, 6.07) is 18.1. The smallest absolute Gasteiger partial charge is 0.0276 e. The highest BCUT2D eigenvalue weighted by Crippen LogP contribution is 2.18. The van der Waals surface area contributed by atoms with E-state index in [2.05, 4.69) is 62.4 Å². The van der Waals surface area contributed by atoms with Crippen molar-refractivity contribution in [2.24, 2.45) is 0 Å². The molecule has 2 rings (SSSR count). The molecule has 0 nitrogen and oxygen atoms in total. The van der Waals surface area contributed by atoms with Crippen LogP contribution in [0.25, 0.3) is 0 Å². The summed E-state index contributed by atoms with van der Waals surface area (Å²) < 4.78 is 0. The number of aryl methyl sites for hydroxylation is 4. The van der Waals surface area contributed by atoms with E-state index in [1.165, 1.54) is 64.2 Å². The molecule has 0 saturated carbocycles. The molecule has 2 aromatic carbocycles. The van der Waals surface area contributed by atoms with E-state index in [-0.39, 0.29) is 0 Å². The Bertz CT molecular complexity index is 582. The van der Waals surface area contributed by atoms with Crippen molar-refractivity contribution in [3.63, 3.8) is 0 Å². The van der Waals surface area contributed by atoms with Crippen LogP contribution >= 0.6 is 0 Å². The fraction of sp³-hybridized carbons (Fsp3) is 0.500. The number of hydrogen-bond donors (Lipinski definition) is 0. The van der Waals surface area contributed by atoms with E-state index in [1.807, 2.05) is 0 Å². The summed E-state index contributed by atoms with van der Waals surface area (Å²) in [5.74, 6) is 0. The second-order valence-corrected chi connectivity index (χ2v) is 6.95. The van der Waals surface area contributed by atoms with Crippen LogP contribution in [0.5, 0.6) is 0 Å². The normalized spacial score (nSPS) is 10.9. The summed E-state index contributed by atoms with van der Waals surface area (Å²) >= 11 is 0. The first-order valence-electron chi connectivity index (χ1n) is 9.98. The van der Waals surface area contributed by atoms with Gasteiger partial charge in [0, 0.05) is 0 Å². The number of benzene rings is 2. The molecule has 0 heterocycles. The molecule has 0 fully saturated rings. The van der Waals surface area contributed by atoms with Gasteiger partial charge >= 0.3 is 0 Å². The molecule has 0 spiro atoms. The van der Waals surface area contributed by atoms with Crippen molar-refractivity contribution in [1.82, 2.24) is 0 Å². The van der Waals surface area contributed by atoms with E-state index in [0.717, 1.165) is 0 Å². The fourth-order valence-electron chi connectivity index (χ4n) is 3.53. The van der Waals surface area contributed by atoms with Crippen LogP contribution < -0.4 is 0 Å². The van der Waals surface area contributed by atoms with Gasteiger partial charge in [0.25, 0.3) is 0 Å². The standard InChI is InChI=1S/C24H34/c1-3-5-14-22-18-11-12-20-24(22)16-8-6-7-15-23-19-10-9-17-21(23)13-4-2/h9-12,17-20H,3-8,13-16H2,1-2H3. The third-order valence-corrected chi connectivity index (χ3v) is 4.95. The highest BCUT2D eigenvalue weighted by atomic mass is 14.1. The monoisotopic (exact) mass is 322 g/mol. The van der Waals surface area contributed by atoms with E-state index in [4.69, 9.17) is 0 Å². The summed E-state index contributed by atoms with van der Waals surface area (Å²) in [6.07, 6.45) is 12.8. The number of unbranched alkanes of at least 4 members (excludes halogenated alkanes) is 3.